The average molecular weight is 273 g/mol. The van der Waals surface area contributed by atoms with Crippen molar-refractivity contribution in [3.05, 3.63) is 35.7 Å². The summed E-state index contributed by atoms with van der Waals surface area (Å²) >= 11 is 1.56. The van der Waals surface area contributed by atoms with Crippen molar-refractivity contribution in [1.29, 1.82) is 0 Å². The maximum Gasteiger partial charge on any atom is 0.260 e. The fourth-order valence-corrected chi connectivity index (χ4v) is 2.35. The van der Waals surface area contributed by atoms with Crippen LogP contribution in [0.2, 0.25) is 0 Å². The van der Waals surface area contributed by atoms with E-state index in [2.05, 4.69) is 10.1 Å². The van der Waals surface area contributed by atoms with Gasteiger partial charge in [0.25, 0.3) is 5.89 Å². The van der Waals surface area contributed by atoms with Gasteiger partial charge >= 0.3 is 0 Å². The average Bonchev–Trinajstić information content (AvgIpc) is 3.09. The van der Waals surface area contributed by atoms with Gasteiger partial charge in [-0.25, -0.2) is 0 Å². The second-order valence-electron chi connectivity index (χ2n) is 3.85. The normalized spacial score (nSPS) is 10.6. The molecule has 5 nitrogen and oxygen atoms in total. The Bertz CT molecular complexity index is 692. The molecule has 0 spiro atoms. The van der Waals surface area contributed by atoms with Crippen LogP contribution >= 0.6 is 11.3 Å². The number of hydrogen-bond donors (Lipinski definition) is 1. The Morgan fingerprint density at radius 1 is 1.32 bits per heavy atom. The van der Waals surface area contributed by atoms with Gasteiger partial charge in [-0.1, -0.05) is 11.2 Å². The van der Waals surface area contributed by atoms with Crippen molar-refractivity contribution in [1.82, 2.24) is 10.1 Å². The third-order valence-electron chi connectivity index (χ3n) is 2.66. The molecule has 0 saturated heterocycles. The first-order valence-corrected chi connectivity index (χ1v) is 6.47. The van der Waals surface area contributed by atoms with Crippen LogP contribution in [0.15, 0.2) is 40.2 Å². The molecule has 0 aliphatic carbocycles. The fraction of sp³-hybridized carbons (Fsp3) is 0.0769. The van der Waals surface area contributed by atoms with Gasteiger partial charge in [-0.15, -0.1) is 11.3 Å². The summed E-state index contributed by atoms with van der Waals surface area (Å²) < 4.78 is 10.4. The monoisotopic (exact) mass is 273 g/mol. The molecule has 19 heavy (non-hydrogen) atoms. The summed E-state index contributed by atoms with van der Waals surface area (Å²) in [5.74, 6) is 1.67. The van der Waals surface area contributed by atoms with Gasteiger partial charge in [0.1, 0.15) is 5.75 Å². The summed E-state index contributed by atoms with van der Waals surface area (Å²) in [6.07, 6.45) is 0. The van der Waals surface area contributed by atoms with Crippen LogP contribution in [-0.2, 0) is 0 Å². The largest absolute Gasteiger partial charge is 0.497 e. The van der Waals surface area contributed by atoms with Crippen molar-refractivity contribution in [3.63, 3.8) is 0 Å². The first kappa shape index (κ1) is 11.7. The van der Waals surface area contributed by atoms with E-state index in [4.69, 9.17) is 15.0 Å². The summed E-state index contributed by atoms with van der Waals surface area (Å²) in [6, 6.07) is 9.22. The number of anilines is 1. The molecule has 3 rings (SSSR count). The summed E-state index contributed by atoms with van der Waals surface area (Å²) in [4.78, 5) is 5.31. The minimum Gasteiger partial charge on any atom is -0.497 e. The zero-order chi connectivity index (χ0) is 13.2. The summed E-state index contributed by atoms with van der Waals surface area (Å²) in [5.41, 5.74) is 7.20. The van der Waals surface area contributed by atoms with Gasteiger partial charge in [0.2, 0.25) is 5.82 Å². The number of benzene rings is 1. The molecular formula is C13H11N3O2S. The molecule has 0 saturated carbocycles. The molecule has 0 fully saturated rings. The molecule has 2 heterocycles. The number of aromatic nitrogens is 2. The molecular weight excluding hydrogens is 262 g/mol. The van der Waals surface area contributed by atoms with Gasteiger partial charge in [-0.2, -0.15) is 4.98 Å². The number of thiophene rings is 1. The van der Waals surface area contributed by atoms with Gasteiger partial charge in [0.15, 0.2) is 0 Å². The number of methoxy groups -OCH3 is 1. The van der Waals surface area contributed by atoms with Crippen LogP contribution in [0.25, 0.3) is 22.2 Å². The predicted molar refractivity (Wildman–Crippen MR) is 74.0 cm³/mol. The third-order valence-corrected chi connectivity index (χ3v) is 3.52. The quantitative estimate of drug-likeness (QED) is 0.742. The van der Waals surface area contributed by atoms with Crippen LogP contribution in [0.5, 0.6) is 5.75 Å². The molecule has 0 atom stereocenters. The van der Waals surface area contributed by atoms with Gasteiger partial charge in [-0.3, -0.25) is 0 Å². The van der Waals surface area contributed by atoms with E-state index in [1.165, 1.54) is 0 Å². The highest BCUT2D eigenvalue weighted by atomic mass is 32.1. The maximum absolute atomic E-state index is 5.95. The lowest BCUT2D eigenvalue weighted by Crippen LogP contribution is -1.92. The fourth-order valence-electron chi connectivity index (χ4n) is 1.70. The molecule has 6 heteroatoms. The van der Waals surface area contributed by atoms with Crippen LogP contribution < -0.4 is 10.5 Å². The van der Waals surface area contributed by atoms with Crippen molar-refractivity contribution in [3.8, 4) is 27.9 Å². The first-order valence-electron chi connectivity index (χ1n) is 5.59. The lowest BCUT2D eigenvalue weighted by Gasteiger charge is -2.03. The SMILES string of the molecule is COc1ccc(-c2nc(-c3cccs3)no2)c(N)c1. The molecule has 0 aliphatic rings. The smallest absolute Gasteiger partial charge is 0.260 e. The number of rotatable bonds is 3. The molecule has 0 amide bonds. The van der Waals surface area contributed by atoms with Crippen molar-refractivity contribution < 1.29 is 9.26 Å². The van der Waals surface area contributed by atoms with E-state index in [9.17, 15) is 0 Å². The minimum atomic E-state index is 0.406. The maximum atomic E-state index is 5.95. The lowest BCUT2D eigenvalue weighted by molar-refractivity contribution is 0.414. The zero-order valence-electron chi connectivity index (χ0n) is 10.2. The predicted octanol–water partition coefficient (Wildman–Crippen LogP) is 3.06. The Balaban J connectivity index is 1.99. The summed E-state index contributed by atoms with van der Waals surface area (Å²) in [5, 5.41) is 5.92. The van der Waals surface area contributed by atoms with E-state index < -0.39 is 0 Å². The molecule has 2 aromatic heterocycles. The van der Waals surface area contributed by atoms with E-state index in [-0.39, 0.29) is 0 Å². The van der Waals surface area contributed by atoms with Crippen molar-refractivity contribution in [2.24, 2.45) is 0 Å². The van der Waals surface area contributed by atoms with Crippen molar-refractivity contribution >= 4 is 17.0 Å². The van der Waals surface area contributed by atoms with Crippen LogP contribution in [0, 0.1) is 0 Å². The van der Waals surface area contributed by atoms with Crippen LogP contribution in [0.3, 0.4) is 0 Å². The van der Waals surface area contributed by atoms with E-state index >= 15 is 0 Å². The van der Waals surface area contributed by atoms with Crippen LogP contribution in [0.4, 0.5) is 5.69 Å². The van der Waals surface area contributed by atoms with E-state index in [1.54, 1.807) is 36.6 Å². The molecule has 1 aromatic carbocycles. The Morgan fingerprint density at radius 2 is 2.21 bits per heavy atom. The Labute approximate surface area is 113 Å². The summed E-state index contributed by atoms with van der Waals surface area (Å²) in [7, 11) is 1.59. The first-order chi connectivity index (χ1) is 9.28. The molecule has 0 bridgehead atoms. The summed E-state index contributed by atoms with van der Waals surface area (Å²) in [6.45, 7) is 0. The van der Waals surface area contributed by atoms with Gasteiger partial charge < -0.3 is 15.0 Å². The Kier molecular flexibility index (Phi) is 2.92. The molecule has 2 N–H and O–H groups in total. The molecule has 0 unspecified atom stereocenters. The topological polar surface area (TPSA) is 74.2 Å². The Morgan fingerprint density at radius 3 is 2.89 bits per heavy atom. The second kappa shape index (κ2) is 4.74. The molecule has 0 radical (unpaired) electrons. The number of hydrogen-bond acceptors (Lipinski definition) is 6. The number of nitrogens with zero attached hydrogens (tertiary/aromatic N) is 2. The van der Waals surface area contributed by atoms with Crippen molar-refractivity contribution in [2.45, 2.75) is 0 Å². The van der Waals surface area contributed by atoms with Gasteiger partial charge in [0.05, 0.1) is 17.6 Å². The zero-order valence-corrected chi connectivity index (χ0v) is 11.0. The van der Waals surface area contributed by atoms with Gasteiger partial charge in [-0.05, 0) is 23.6 Å². The number of nitrogen functional groups attached to an aromatic ring is 1. The number of ether oxygens (including phenoxy) is 1. The van der Waals surface area contributed by atoms with Crippen LogP contribution in [-0.4, -0.2) is 17.3 Å². The Hall–Kier alpha value is -2.34. The van der Waals surface area contributed by atoms with E-state index in [0.717, 1.165) is 4.88 Å². The van der Waals surface area contributed by atoms with Crippen LogP contribution in [0.1, 0.15) is 0 Å². The third kappa shape index (κ3) is 2.17. The minimum absolute atomic E-state index is 0.406. The van der Waals surface area contributed by atoms with E-state index in [0.29, 0.717) is 28.7 Å². The lowest BCUT2D eigenvalue weighted by atomic mass is 10.1. The number of nitrogens with two attached hydrogens (primary N) is 1. The highest BCUT2D eigenvalue weighted by Crippen LogP contribution is 2.30. The van der Waals surface area contributed by atoms with E-state index in [1.807, 2.05) is 17.5 Å². The second-order valence-corrected chi connectivity index (χ2v) is 4.80. The standard InChI is InChI=1S/C13H11N3O2S/c1-17-8-4-5-9(10(14)7-8)13-15-12(16-18-13)11-3-2-6-19-11/h2-7H,14H2,1H3. The van der Waals surface area contributed by atoms with Gasteiger partial charge in [0, 0.05) is 11.8 Å². The molecule has 3 aromatic rings. The molecule has 96 valence electrons. The highest BCUT2D eigenvalue weighted by molar-refractivity contribution is 7.13. The van der Waals surface area contributed by atoms with Crippen molar-refractivity contribution in [2.75, 3.05) is 12.8 Å². The molecule has 0 aliphatic heterocycles. The highest BCUT2D eigenvalue weighted by Gasteiger charge is 2.13.